The van der Waals surface area contributed by atoms with Crippen LogP contribution in [0, 0.1) is 5.82 Å². The van der Waals surface area contributed by atoms with Crippen LogP contribution in [0.15, 0.2) is 24.3 Å². The molecular weight excluding hydrogens is 325 g/mol. The van der Waals surface area contributed by atoms with Gasteiger partial charge in [0.2, 0.25) is 5.91 Å². The lowest BCUT2D eigenvalue weighted by molar-refractivity contribution is -0.134. The first-order valence-corrected chi connectivity index (χ1v) is 8.82. The summed E-state index contributed by atoms with van der Waals surface area (Å²) in [6.07, 6.45) is 4.00. The zero-order chi connectivity index (χ0) is 17.6. The molecule has 1 aromatic rings. The number of anilines is 1. The quantitative estimate of drug-likeness (QED) is 0.877. The number of halogens is 1. The molecule has 7 heteroatoms. The monoisotopic (exact) mass is 349 g/mol. The molecule has 25 heavy (non-hydrogen) atoms. The van der Waals surface area contributed by atoms with Crippen molar-refractivity contribution in [3.05, 3.63) is 30.1 Å². The highest BCUT2D eigenvalue weighted by atomic mass is 19.1. The van der Waals surface area contributed by atoms with Crippen LogP contribution in [0.4, 0.5) is 14.9 Å². The number of piperidine rings is 1. The Morgan fingerprint density at radius 2 is 1.88 bits per heavy atom. The van der Waals surface area contributed by atoms with Gasteiger partial charge in [-0.1, -0.05) is 0 Å². The fourth-order valence-corrected chi connectivity index (χ4v) is 3.29. The molecule has 2 heterocycles. The average molecular weight is 349 g/mol. The molecule has 2 N–H and O–H groups in total. The van der Waals surface area contributed by atoms with Gasteiger partial charge in [-0.25, -0.2) is 9.18 Å². The van der Waals surface area contributed by atoms with Gasteiger partial charge in [0.1, 0.15) is 5.82 Å². The Morgan fingerprint density at radius 3 is 2.52 bits per heavy atom. The molecular formula is C18H24FN3O3. The SMILES string of the molecule is O=C(Nc1ccc(F)cc1)NC1CCN(C(=O)C[C@@H]2CCCO2)CC1. The van der Waals surface area contributed by atoms with E-state index in [1.165, 1.54) is 24.3 Å². The van der Waals surface area contributed by atoms with Gasteiger partial charge in [-0.2, -0.15) is 0 Å². The lowest BCUT2D eigenvalue weighted by atomic mass is 10.0. The van der Waals surface area contributed by atoms with E-state index in [4.69, 9.17) is 4.74 Å². The van der Waals surface area contributed by atoms with Gasteiger partial charge in [0, 0.05) is 31.4 Å². The summed E-state index contributed by atoms with van der Waals surface area (Å²) in [4.78, 5) is 26.1. The summed E-state index contributed by atoms with van der Waals surface area (Å²) in [5.74, 6) is -0.202. The minimum Gasteiger partial charge on any atom is -0.378 e. The highest BCUT2D eigenvalue weighted by molar-refractivity contribution is 5.89. The van der Waals surface area contributed by atoms with Crippen molar-refractivity contribution in [2.75, 3.05) is 25.0 Å². The van der Waals surface area contributed by atoms with Crippen LogP contribution >= 0.6 is 0 Å². The number of carbonyl (C=O) groups is 2. The lowest BCUT2D eigenvalue weighted by Gasteiger charge is -2.33. The minimum atomic E-state index is -0.342. The molecule has 0 unspecified atom stereocenters. The molecule has 1 atom stereocenters. The summed E-state index contributed by atoms with van der Waals surface area (Å²) in [5.41, 5.74) is 0.545. The van der Waals surface area contributed by atoms with E-state index in [1.54, 1.807) is 0 Å². The van der Waals surface area contributed by atoms with E-state index in [-0.39, 0.29) is 29.9 Å². The number of nitrogens with zero attached hydrogens (tertiary/aromatic N) is 1. The molecule has 0 aliphatic carbocycles. The fourth-order valence-electron chi connectivity index (χ4n) is 3.29. The van der Waals surface area contributed by atoms with Crippen molar-refractivity contribution in [3.63, 3.8) is 0 Å². The van der Waals surface area contributed by atoms with Crippen molar-refractivity contribution in [1.29, 1.82) is 0 Å². The molecule has 3 rings (SSSR count). The number of carbonyl (C=O) groups excluding carboxylic acids is 2. The van der Waals surface area contributed by atoms with E-state index in [0.29, 0.717) is 25.2 Å². The summed E-state index contributed by atoms with van der Waals surface area (Å²) in [6, 6.07) is 5.35. The maximum absolute atomic E-state index is 12.9. The van der Waals surface area contributed by atoms with Gasteiger partial charge in [0.15, 0.2) is 0 Å². The zero-order valence-corrected chi connectivity index (χ0v) is 14.2. The number of benzene rings is 1. The molecule has 3 amide bonds. The van der Waals surface area contributed by atoms with E-state index < -0.39 is 0 Å². The first-order valence-electron chi connectivity index (χ1n) is 8.82. The molecule has 6 nitrogen and oxygen atoms in total. The number of amides is 3. The van der Waals surface area contributed by atoms with Crippen molar-refractivity contribution >= 4 is 17.6 Å². The standard InChI is InChI=1S/C18H24FN3O3/c19-13-3-5-14(6-4-13)20-18(24)21-15-7-9-22(10-8-15)17(23)12-16-2-1-11-25-16/h3-6,15-16H,1-2,7-12H2,(H2,20,21,24)/t16-/m0/s1. The van der Waals surface area contributed by atoms with Crippen LogP contribution in [0.25, 0.3) is 0 Å². The summed E-state index contributed by atoms with van der Waals surface area (Å²) < 4.78 is 18.4. The first kappa shape index (κ1) is 17.7. The van der Waals surface area contributed by atoms with Gasteiger partial charge >= 0.3 is 6.03 Å². The van der Waals surface area contributed by atoms with Crippen molar-refractivity contribution in [1.82, 2.24) is 10.2 Å². The van der Waals surface area contributed by atoms with Crippen molar-refractivity contribution in [2.45, 2.75) is 44.2 Å². The topological polar surface area (TPSA) is 70.7 Å². The Bertz CT molecular complexity index is 594. The van der Waals surface area contributed by atoms with Gasteiger partial charge in [-0.15, -0.1) is 0 Å². The summed E-state index contributed by atoms with van der Waals surface area (Å²) in [6.45, 7) is 2.05. The van der Waals surface area contributed by atoms with E-state index in [9.17, 15) is 14.0 Å². The second kappa shape index (κ2) is 8.29. The zero-order valence-electron chi connectivity index (χ0n) is 14.2. The van der Waals surface area contributed by atoms with Gasteiger partial charge in [0.25, 0.3) is 0 Å². The molecule has 0 aromatic heterocycles. The van der Waals surface area contributed by atoms with Gasteiger partial charge in [0.05, 0.1) is 12.5 Å². The number of nitrogens with one attached hydrogen (secondary N) is 2. The van der Waals surface area contributed by atoms with Gasteiger partial charge in [-0.05, 0) is 49.9 Å². The molecule has 0 saturated carbocycles. The molecule has 0 radical (unpaired) electrons. The van der Waals surface area contributed by atoms with Crippen LogP contribution < -0.4 is 10.6 Å². The normalized spacial score (nSPS) is 21.2. The summed E-state index contributed by atoms with van der Waals surface area (Å²) in [7, 11) is 0. The predicted molar refractivity (Wildman–Crippen MR) is 91.7 cm³/mol. The number of hydrogen-bond acceptors (Lipinski definition) is 3. The van der Waals surface area contributed by atoms with E-state index in [1.807, 2.05) is 4.90 Å². The Hall–Kier alpha value is -2.15. The number of likely N-dealkylation sites (tertiary alicyclic amines) is 1. The van der Waals surface area contributed by atoms with Crippen LogP contribution in [0.3, 0.4) is 0 Å². The van der Waals surface area contributed by atoms with Crippen LogP contribution in [0.5, 0.6) is 0 Å². The maximum atomic E-state index is 12.9. The molecule has 136 valence electrons. The second-order valence-electron chi connectivity index (χ2n) is 6.60. The summed E-state index contributed by atoms with van der Waals surface area (Å²) in [5, 5.41) is 5.59. The van der Waals surface area contributed by atoms with Gasteiger partial charge < -0.3 is 20.3 Å². The Balaban J connectivity index is 1.38. The third-order valence-electron chi connectivity index (χ3n) is 4.71. The van der Waals surface area contributed by atoms with Crippen LogP contribution in [0.1, 0.15) is 32.1 Å². The maximum Gasteiger partial charge on any atom is 0.319 e. The van der Waals surface area contributed by atoms with Crippen molar-refractivity contribution < 1.29 is 18.7 Å². The van der Waals surface area contributed by atoms with Crippen LogP contribution in [-0.2, 0) is 9.53 Å². The smallest absolute Gasteiger partial charge is 0.319 e. The molecule has 2 aliphatic rings. The Labute approximate surface area is 146 Å². The van der Waals surface area contributed by atoms with E-state index in [0.717, 1.165) is 32.3 Å². The van der Waals surface area contributed by atoms with Crippen molar-refractivity contribution in [3.8, 4) is 0 Å². The van der Waals surface area contributed by atoms with E-state index >= 15 is 0 Å². The summed E-state index contributed by atoms with van der Waals surface area (Å²) >= 11 is 0. The minimum absolute atomic E-state index is 0.0345. The molecule has 0 bridgehead atoms. The number of ether oxygens (including phenoxy) is 1. The number of urea groups is 1. The number of hydrogen-bond donors (Lipinski definition) is 2. The largest absolute Gasteiger partial charge is 0.378 e. The highest BCUT2D eigenvalue weighted by Gasteiger charge is 2.27. The fraction of sp³-hybridized carbons (Fsp3) is 0.556. The molecule has 2 saturated heterocycles. The molecule has 2 aliphatic heterocycles. The third kappa shape index (κ3) is 5.16. The highest BCUT2D eigenvalue weighted by Crippen LogP contribution is 2.18. The second-order valence-corrected chi connectivity index (χ2v) is 6.60. The third-order valence-corrected chi connectivity index (χ3v) is 4.71. The van der Waals surface area contributed by atoms with Crippen LogP contribution in [-0.4, -0.2) is 48.7 Å². The Kier molecular flexibility index (Phi) is 5.86. The molecule has 1 aromatic carbocycles. The van der Waals surface area contributed by atoms with Crippen molar-refractivity contribution in [2.24, 2.45) is 0 Å². The van der Waals surface area contributed by atoms with E-state index in [2.05, 4.69) is 10.6 Å². The Morgan fingerprint density at radius 1 is 1.16 bits per heavy atom. The van der Waals surface area contributed by atoms with Gasteiger partial charge in [-0.3, -0.25) is 4.79 Å². The molecule has 2 fully saturated rings. The first-order chi connectivity index (χ1) is 12.1. The predicted octanol–water partition coefficient (Wildman–Crippen LogP) is 2.51. The molecule has 0 spiro atoms. The number of rotatable bonds is 4. The van der Waals surface area contributed by atoms with Crippen LogP contribution in [0.2, 0.25) is 0 Å². The average Bonchev–Trinajstić information content (AvgIpc) is 3.10. The lowest BCUT2D eigenvalue weighted by Crippen LogP contribution is -2.48.